The Morgan fingerprint density at radius 3 is 2.67 bits per heavy atom. The largest absolute Gasteiger partial charge is 0.457 e. The molecule has 0 unspecified atom stereocenters. The van der Waals surface area contributed by atoms with Gasteiger partial charge in [-0.25, -0.2) is 8.42 Å². The summed E-state index contributed by atoms with van der Waals surface area (Å²) in [5, 5.41) is 2.71. The first-order valence-corrected chi connectivity index (χ1v) is 11.0. The highest BCUT2D eigenvalue weighted by molar-refractivity contribution is 7.91. The van der Waals surface area contributed by atoms with E-state index in [4.69, 9.17) is 9.15 Å². The molecule has 0 radical (unpaired) electrons. The zero-order valence-corrected chi connectivity index (χ0v) is 16.2. The van der Waals surface area contributed by atoms with E-state index in [9.17, 15) is 13.2 Å². The first-order chi connectivity index (χ1) is 13.0. The van der Waals surface area contributed by atoms with Crippen LogP contribution in [0.2, 0.25) is 0 Å². The van der Waals surface area contributed by atoms with Gasteiger partial charge in [0.25, 0.3) is 10.0 Å². The first-order valence-electron chi connectivity index (χ1n) is 8.72. The molecule has 8 heteroatoms. The van der Waals surface area contributed by atoms with Crippen molar-refractivity contribution in [2.45, 2.75) is 23.7 Å². The molecule has 0 saturated carbocycles. The lowest BCUT2D eigenvalue weighted by molar-refractivity contribution is -0.151. The van der Waals surface area contributed by atoms with Gasteiger partial charge in [0.2, 0.25) is 0 Å². The zero-order chi connectivity index (χ0) is 18.9. The van der Waals surface area contributed by atoms with Gasteiger partial charge < -0.3 is 9.15 Å². The molecule has 0 N–H and O–H groups in total. The van der Waals surface area contributed by atoms with E-state index in [1.807, 2.05) is 30.3 Å². The lowest BCUT2D eigenvalue weighted by atomic mass is 9.98. The monoisotopic (exact) mass is 405 g/mol. The van der Waals surface area contributed by atoms with Crippen molar-refractivity contribution >= 4 is 38.3 Å². The van der Waals surface area contributed by atoms with E-state index in [0.29, 0.717) is 35.9 Å². The number of hydrogen-bond donors (Lipinski definition) is 0. The van der Waals surface area contributed by atoms with Crippen molar-refractivity contribution in [3.05, 3.63) is 53.6 Å². The van der Waals surface area contributed by atoms with Crippen LogP contribution in [-0.4, -0.2) is 31.8 Å². The SMILES string of the molecule is O=C(OCc1cc2ccccc2o1)C1CCN(S(=O)(=O)c2cccs2)CC1. The van der Waals surface area contributed by atoms with E-state index < -0.39 is 10.0 Å². The lowest BCUT2D eigenvalue weighted by Gasteiger charge is -2.29. The first kappa shape index (κ1) is 18.2. The van der Waals surface area contributed by atoms with Gasteiger partial charge in [-0.05, 0) is 36.4 Å². The second-order valence-electron chi connectivity index (χ2n) is 6.47. The Morgan fingerprint density at radius 1 is 1.19 bits per heavy atom. The van der Waals surface area contributed by atoms with E-state index in [2.05, 4.69) is 0 Å². The summed E-state index contributed by atoms with van der Waals surface area (Å²) < 4.78 is 37.9. The summed E-state index contributed by atoms with van der Waals surface area (Å²) in [5.41, 5.74) is 0.760. The van der Waals surface area contributed by atoms with Gasteiger partial charge >= 0.3 is 5.97 Å². The number of thiophene rings is 1. The predicted octanol–water partition coefficient (Wildman–Crippen LogP) is 3.64. The summed E-state index contributed by atoms with van der Waals surface area (Å²) >= 11 is 1.21. The minimum atomic E-state index is -3.45. The number of hydrogen-bond acceptors (Lipinski definition) is 6. The Balaban J connectivity index is 1.32. The summed E-state index contributed by atoms with van der Waals surface area (Å²) in [6.45, 7) is 0.733. The van der Waals surface area contributed by atoms with Crippen LogP contribution in [0.3, 0.4) is 0 Å². The van der Waals surface area contributed by atoms with Gasteiger partial charge in [0.15, 0.2) is 0 Å². The number of piperidine rings is 1. The molecular weight excluding hydrogens is 386 g/mol. The maximum atomic E-state index is 12.5. The number of ether oxygens (including phenoxy) is 1. The van der Waals surface area contributed by atoms with Crippen LogP contribution in [0.15, 0.2) is 56.5 Å². The molecule has 3 heterocycles. The van der Waals surface area contributed by atoms with Crippen LogP contribution in [-0.2, 0) is 26.2 Å². The van der Waals surface area contributed by atoms with Crippen LogP contribution < -0.4 is 0 Å². The Bertz CT molecular complexity index is 998. The summed E-state index contributed by atoms with van der Waals surface area (Å²) in [4.78, 5) is 12.3. The fourth-order valence-corrected chi connectivity index (χ4v) is 5.85. The van der Waals surface area contributed by atoms with Gasteiger partial charge in [0.1, 0.15) is 22.2 Å². The number of nitrogens with zero attached hydrogens (tertiary/aromatic N) is 1. The molecule has 6 nitrogen and oxygen atoms in total. The zero-order valence-electron chi connectivity index (χ0n) is 14.5. The Hall–Kier alpha value is -2.16. The number of benzene rings is 1. The summed E-state index contributed by atoms with van der Waals surface area (Å²) in [6, 6.07) is 12.8. The summed E-state index contributed by atoms with van der Waals surface area (Å²) in [6.07, 6.45) is 0.924. The van der Waals surface area contributed by atoms with E-state index in [1.54, 1.807) is 17.5 Å². The molecule has 1 aromatic carbocycles. The molecule has 0 aliphatic carbocycles. The lowest BCUT2D eigenvalue weighted by Crippen LogP contribution is -2.40. The highest BCUT2D eigenvalue weighted by atomic mass is 32.2. The normalized spacial score (nSPS) is 16.6. The van der Waals surface area contributed by atoms with E-state index in [-0.39, 0.29) is 18.5 Å². The number of rotatable bonds is 5. The maximum Gasteiger partial charge on any atom is 0.309 e. The van der Waals surface area contributed by atoms with Gasteiger partial charge in [-0.1, -0.05) is 24.3 Å². The second kappa shape index (κ2) is 7.46. The van der Waals surface area contributed by atoms with Gasteiger partial charge in [-0.3, -0.25) is 4.79 Å². The van der Waals surface area contributed by atoms with E-state index in [0.717, 1.165) is 11.0 Å². The Morgan fingerprint density at radius 2 is 1.96 bits per heavy atom. The quantitative estimate of drug-likeness (QED) is 0.606. The molecule has 1 fully saturated rings. The third kappa shape index (κ3) is 3.78. The number of carbonyl (C=O) groups excluding carboxylic acids is 1. The number of sulfonamides is 1. The highest BCUT2D eigenvalue weighted by Gasteiger charge is 2.33. The molecule has 4 rings (SSSR count). The number of para-hydroxylation sites is 1. The Labute approximate surface area is 161 Å². The fourth-order valence-electron chi connectivity index (χ4n) is 3.24. The molecule has 3 aromatic rings. The number of fused-ring (bicyclic) bond motifs is 1. The maximum absolute atomic E-state index is 12.5. The van der Waals surface area contributed by atoms with Crippen molar-refractivity contribution in [2.75, 3.05) is 13.1 Å². The number of furan rings is 1. The average Bonchev–Trinajstić information content (AvgIpc) is 3.36. The summed E-state index contributed by atoms with van der Waals surface area (Å²) in [7, 11) is -3.45. The van der Waals surface area contributed by atoms with E-state index >= 15 is 0 Å². The van der Waals surface area contributed by atoms with Crippen LogP contribution in [0.4, 0.5) is 0 Å². The molecule has 2 aromatic heterocycles. The van der Waals surface area contributed by atoms with Crippen LogP contribution >= 0.6 is 11.3 Å². The molecule has 0 spiro atoms. The van der Waals surface area contributed by atoms with Crippen molar-refractivity contribution in [3.8, 4) is 0 Å². The van der Waals surface area contributed by atoms with Crippen LogP contribution in [0.5, 0.6) is 0 Å². The molecular formula is C19H19NO5S2. The third-order valence-corrected chi connectivity index (χ3v) is 7.98. The Kier molecular flexibility index (Phi) is 5.03. The molecule has 27 heavy (non-hydrogen) atoms. The summed E-state index contributed by atoms with van der Waals surface area (Å²) in [5.74, 6) is 0.00931. The molecule has 0 bridgehead atoms. The van der Waals surface area contributed by atoms with Crippen molar-refractivity contribution in [1.29, 1.82) is 0 Å². The predicted molar refractivity (Wildman–Crippen MR) is 102 cm³/mol. The number of esters is 1. The molecule has 0 atom stereocenters. The number of carbonyl (C=O) groups is 1. The van der Waals surface area contributed by atoms with Crippen molar-refractivity contribution in [2.24, 2.45) is 5.92 Å². The topological polar surface area (TPSA) is 76.8 Å². The second-order valence-corrected chi connectivity index (χ2v) is 9.58. The van der Waals surface area contributed by atoms with Crippen molar-refractivity contribution in [3.63, 3.8) is 0 Å². The molecule has 0 amide bonds. The van der Waals surface area contributed by atoms with Gasteiger partial charge in [0.05, 0.1) is 5.92 Å². The fraction of sp³-hybridized carbons (Fsp3) is 0.316. The van der Waals surface area contributed by atoms with Gasteiger partial charge in [0, 0.05) is 18.5 Å². The minimum Gasteiger partial charge on any atom is -0.457 e. The third-order valence-electron chi connectivity index (χ3n) is 4.71. The van der Waals surface area contributed by atoms with Gasteiger partial charge in [-0.2, -0.15) is 4.31 Å². The molecule has 1 saturated heterocycles. The van der Waals surface area contributed by atoms with Crippen molar-refractivity contribution in [1.82, 2.24) is 4.31 Å². The standard InChI is InChI=1S/C19H19NO5S2/c21-19(24-13-16-12-15-4-1-2-5-17(15)25-16)14-7-9-20(10-8-14)27(22,23)18-6-3-11-26-18/h1-6,11-12,14H,7-10,13H2. The van der Waals surface area contributed by atoms with E-state index in [1.165, 1.54) is 15.6 Å². The highest BCUT2D eigenvalue weighted by Crippen LogP contribution is 2.27. The van der Waals surface area contributed by atoms with Crippen molar-refractivity contribution < 1.29 is 22.4 Å². The molecule has 1 aliphatic rings. The van der Waals surface area contributed by atoms with Crippen LogP contribution in [0.25, 0.3) is 11.0 Å². The molecule has 1 aliphatic heterocycles. The average molecular weight is 405 g/mol. The smallest absolute Gasteiger partial charge is 0.309 e. The minimum absolute atomic E-state index is 0.0845. The van der Waals surface area contributed by atoms with Crippen LogP contribution in [0, 0.1) is 5.92 Å². The van der Waals surface area contributed by atoms with Gasteiger partial charge in [-0.15, -0.1) is 11.3 Å². The van der Waals surface area contributed by atoms with Crippen LogP contribution in [0.1, 0.15) is 18.6 Å². The molecule has 142 valence electrons.